The standard InChI is InChI=1S/C21H25N3O/c1-14-6-8-16(9-7-14)12-21(3,4)23-20(25)18-11-17-10-15(2)24(5)19(17)22-13-18/h6-11,13H,12H2,1-5H3,(H,23,25). The van der Waals surface area contributed by atoms with Crippen molar-refractivity contribution in [1.29, 1.82) is 0 Å². The topological polar surface area (TPSA) is 46.9 Å². The quantitative estimate of drug-likeness (QED) is 0.785. The number of nitrogens with one attached hydrogen (secondary N) is 1. The molecule has 0 spiro atoms. The average Bonchev–Trinajstić information content (AvgIpc) is 2.83. The molecule has 25 heavy (non-hydrogen) atoms. The Morgan fingerprint density at radius 3 is 2.52 bits per heavy atom. The van der Waals surface area contributed by atoms with Gasteiger partial charge in [-0.2, -0.15) is 0 Å². The van der Waals surface area contributed by atoms with Crippen LogP contribution in [0.1, 0.15) is 41.0 Å². The molecule has 1 aromatic carbocycles. The molecule has 0 aliphatic heterocycles. The van der Waals surface area contributed by atoms with Crippen molar-refractivity contribution < 1.29 is 4.79 Å². The van der Waals surface area contributed by atoms with Gasteiger partial charge in [-0.3, -0.25) is 4.79 Å². The summed E-state index contributed by atoms with van der Waals surface area (Å²) in [5.41, 5.74) is 4.72. The Kier molecular flexibility index (Phi) is 4.38. The molecule has 0 aliphatic carbocycles. The van der Waals surface area contributed by atoms with Crippen molar-refractivity contribution in [2.75, 3.05) is 0 Å². The molecule has 3 rings (SSSR count). The minimum Gasteiger partial charge on any atom is -0.347 e. The summed E-state index contributed by atoms with van der Waals surface area (Å²) >= 11 is 0. The van der Waals surface area contributed by atoms with E-state index in [1.165, 1.54) is 11.1 Å². The van der Waals surface area contributed by atoms with Crippen molar-refractivity contribution in [3.05, 3.63) is 65.0 Å². The Morgan fingerprint density at radius 1 is 1.16 bits per heavy atom. The fourth-order valence-corrected chi connectivity index (χ4v) is 3.11. The molecule has 0 aliphatic rings. The zero-order valence-electron chi connectivity index (χ0n) is 15.6. The first-order valence-electron chi connectivity index (χ1n) is 8.55. The van der Waals surface area contributed by atoms with Crippen LogP contribution in [0.4, 0.5) is 0 Å². The Hall–Kier alpha value is -2.62. The Bertz CT molecular complexity index is 920. The first kappa shape index (κ1) is 17.2. The number of aromatic nitrogens is 2. The number of carbonyl (C=O) groups is 1. The second-order valence-corrected chi connectivity index (χ2v) is 7.48. The maximum atomic E-state index is 12.7. The predicted octanol–water partition coefficient (Wildman–Crippen LogP) is 3.94. The van der Waals surface area contributed by atoms with Gasteiger partial charge in [0.2, 0.25) is 0 Å². The molecule has 2 heterocycles. The van der Waals surface area contributed by atoms with Crippen LogP contribution < -0.4 is 5.32 Å². The summed E-state index contributed by atoms with van der Waals surface area (Å²) in [6.45, 7) is 8.20. The van der Waals surface area contributed by atoms with E-state index < -0.39 is 0 Å². The molecule has 2 aromatic heterocycles. The van der Waals surface area contributed by atoms with E-state index in [1.54, 1.807) is 6.20 Å². The van der Waals surface area contributed by atoms with Crippen LogP contribution in [0.3, 0.4) is 0 Å². The molecule has 0 radical (unpaired) electrons. The minimum atomic E-state index is -0.339. The molecule has 1 N–H and O–H groups in total. The number of amides is 1. The van der Waals surface area contributed by atoms with Gasteiger partial charge in [-0.15, -0.1) is 0 Å². The van der Waals surface area contributed by atoms with Crippen LogP contribution in [0, 0.1) is 13.8 Å². The number of hydrogen-bond donors (Lipinski definition) is 1. The summed E-state index contributed by atoms with van der Waals surface area (Å²) in [5.74, 6) is -0.0898. The predicted molar refractivity (Wildman–Crippen MR) is 102 cm³/mol. The van der Waals surface area contributed by atoms with E-state index in [0.717, 1.165) is 23.1 Å². The van der Waals surface area contributed by atoms with Crippen molar-refractivity contribution in [3.8, 4) is 0 Å². The van der Waals surface area contributed by atoms with E-state index in [-0.39, 0.29) is 11.4 Å². The lowest BCUT2D eigenvalue weighted by Gasteiger charge is -2.26. The molecule has 4 nitrogen and oxygen atoms in total. The van der Waals surface area contributed by atoms with Crippen LogP contribution in [0.15, 0.2) is 42.6 Å². The number of hydrogen-bond acceptors (Lipinski definition) is 2. The highest BCUT2D eigenvalue weighted by atomic mass is 16.1. The number of pyridine rings is 1. The van der Waals surface area contributed by atoms with Crippen LogP contribution in [-0.2, 0) is 13.5 Å². The molecule has 4 heteroatoms. The molecule has 0 unspecified atom stereocenters. The highest BCUT2D eigenvalue weighted by Gasteiger charge is 2.22. The number of rotatable bonds is 4. The first-order chi connectivity index (χ1) is 11.7. The number of carbonyl (C=O) groups excluding carboxylic acids is 1. The molecule has 0 bridgehead atoms. The van der Waals surface area contributed by atoms with Crippen molar-refractivity contribution in [2.24, 2.45) is 7.05 Å². The van der Waals surface area contributed by atoms with E-state index in [9.17, 15) is 4.79 Å². The molecule has 0 saturated heterocycles. The third kappa shape index (κ3) is 3.73. The molecule has 1 amide bonds. The highest BCUT2D eigenvalue weighted by molar-refractivity contribution is 5.97. The number of fused-ring (bicyclic) bond motifs is 1. The SMILES string of the molecule is Cc1ccc(CC(C)(C)NC(=O)c2cnc3c(c2)cc(C)n3C)cc1. The van der Waals surface area contributed by atoms with Crippen LogP contribution in [0.5, 0.6) is 0 Å². The number of benzene rings is 1. The molecular formula is C21H25N3O. The fourth-order valence-electron chi connectivity index (χ4n) is 3.11. The maximum absolute atomic E-state index is 12.7. The molecular weight excluding hydrogens is 310 g/mol. The van der Waals surface area contributed by atoms with Crippen molar-refractivity contribution in [3.63, 3.8) is 0 Å². The van der Waals surface area contributed by atoms with Gasteiger partial charge >= 0.3 is 0 Å². The number of aryl methyl sites for hydroxylation is 3. The second kappa shape index (κ2) is 6.36. The maximum Gasteiger partial charge on any atom is 0.253 e. The van der Waals surface area contributed by atoms with E-state index in [1.807, 2.05) is 38.5 Å². The van der Waals surface area contributed by atoms with Gasteiger partial charge in [0.15, 0.2) is 0 Å². The molecule has 0 fully saturated rings. The lowest BCUT2D eigenvalue weighted by Crippen LogP contribution is -2.45. The average molecular weight is 335 g/mol. The smallest absolute Gasteiger partial charge is 0.253 e. The summed E-state index contributed by atoms with van der Waals surface area (Å²) in [6, 6.07) is 12.4. The second-order valence-electron chi connectivity index (χ2n) is 7.48. The van der Waals surface area contributed by atoms with Gasteiger partial charge in [-0.05, 0) is 51.8 Å². The third-order valence-electron chi connectivity index (χ3n) is 4.59. The molecule has 0 saturated carbocycles. The normalized spacial score (nSPS) is 11.7. The molecule has 3 aromatic rings. The van der Waals surface area contributed by atoms with E-state index in [0.29, 0.717) is 5.56 Å². The summed E-state index contributed by atoms with van der Waals surface area (Å²) in [5, 5.41) is 4.13. The van der Waals surface area contributed by atoms with Crippen molar-refractivity contribution >= 4 is 16.9 Å². The van der Waals surface area contributed by atoms with Crippen LogP contribution in [-0.4, -0.2) is 21.0 Å². The van der Waals surface area contributed by atoms with E-state index in [2.05, 4.69) is 47.6 Å². The molecule has 0 atom stereocenters. The Labute approximate surface area is 148 Å². The summed E-state index contributed by atoms with van der Waals surface area (Å²) in [4.78, 5) is 17.1. The molecule has 130 valence electrons. The highest BCUT2D eigenvalue weighted by Crippen LogP contribution is 2.19. The van der Waals surface area contributed by atoms with Gasteiger partial charge in [0.05, 0.1) is 5.56 Å². The van der Waals surface area contributed by atoms with Crippen molar-refractivity contribution in [2.45, 2.75) is 39.7 Å². The van der Waals surface area contributed by atoms with Gasteiger partial charge in [0.1, 0.15) is 5.65 Å². The lowest BCUT2D eigenvalue weighted by molar-refractivity contribution is 0.0913. The van der Waals surface area contributed by atoms with Gasteiger partial charge in [0, 0.05) is 29.9 Å². The Morgan fingerprint density at radius 2 is 1.84 bits per heavy atom. The van der Waals surface area contributed by atoms with E-state index in [4.69, 9.17) is 0 Å². The third-order valence-corrected chi connectivity index (χ3v) is 4.59. The van der Waals surface area contributed by atoms with Gasteiger partial charge in [-0.25, -0.2) is 4.98 Å². The Balaban J connectivity index is 1.77. The lowest BCUT2D eigenvalue weighted by atomic mass is 9.94. The van der Waals surface area contributed by atoms with Crippen LogP contribution in [0.25, 0.3) is 11.0 Å². The van der Waals surface area contributed by atoms with Crippen LogP contribution in [0.2, 0.25) is 0 Å². The van der Waals surface area contributed by atoms with Gasteiger partial charge in [0.25, 0.3) is 5.91 Å². The van der Waals surface area contributed by atoms with Gasteiger partial charge < -0.3 is 9.88 Å². The van der Waals surface area contributed by atoms with Crippen LogP contribution >= 0.6 is 0 Å². The summed E-state index contributed by atoms with van der Waals surface area (Å²) in [6.07, 6.45) is 2.43. The van der Waals surface area contributed by atoms with Gasteiger partial charge in [-0.1, -0.05) is 29.8 Å². The zero-order valence-corrected chi connectivity index (χ0v) is 15.6. The zero-order chi connectivity index (χ0) is 18.2. The number of nitrogens with zero attached hydrogens (tertiary/aromatic N) is 2. The fraction of sp³-hybridized carbons (Fsp3) is 0.333. The minimum absolute atomic E-state index is 0.0898. The summed E-state index contributed by atoms with van der Waals surface area (Å²) < 4.78 is 2.03. The van der Waals surface area contributed by atoms with Crippen molar-refractivity contribution in [1.82, 2.24) is 14.9 Å². The van der Waals surface area contributed by atoms with E-state index >= 15 is 0 Å². The monoisotopic (exact) mass is 335 g/mol. The largest absolute Gasteiger partial charge is 0.347 e. The first-order valence-corrected chi connectivity index (χ1v) is 8.55. The summed E-state index contributed by atoms with van der Waals surface area (Å²) in [7, 11) is 1.98.